The van der Waals surface area contributed by atoms with Crippen molar-refractivity contribution in [1.82, 2.24) is 4.98 Å². The summed E-state index contributed by atoms with van der Waals surface area (Å²) < 4.78 is 0. The molecule has 0 fully saturated rings. The molecule has 2 N–H and O–H groups in total. The summed E-state index contributed by atoms with van der Waals surface area (Å²) in [5.74, 6) is 0. The third-order valence-corrected chi connectivity index (χ3v) is 1.56. The van der Waals surface area contributed by atoms with Gasteiger partial charge in [0.1, 0.15) is 0 Å². The molecule has 0 atom stereocenters. The molecule has 0 aliphatic rings. The maximum Gasteiger partial charge on any atom is 0.0685 e. The Morgan fingerprint density at radius 3 is 2.73 bits per heavy atom. The second-order valence-electron chi connectivity index (χ2n) is 2.28. The van der Waals surface area contributed by atoms with Crippen LogP contribution >= 0.6 is 0 Å². The van der Waals surface area contributed by atoms with Gasteiger partial charge in [-0.3, -0.25) is 4.98 Å². The molecule has 0 radical (unpaired) electrons. The van der Waals surface area contributed by atoms with Crippen LogP contribution in [0.25, 0.3) is 0 Å². The minimum atomic E-state index is 0.0118. The van der Waals surface area contributed by atoms with Crippen molar-refractivity contribution in [3.63, 3.8) is 0 Å². The fraction of sp³-hybridized carbons (Fsp3) is 0.375. The Morgan fingerprint density at radius 2 is 2.09 bits per heavy atom. The van der Waals surface area contributed by atoms with Crippen LogP contribution in [0.1, 0.15) is 11.1 Å². The summed E-state index contributed by atoms with van der Waals surface area (Å²) in [4.78, 5) is 3.89. The van der Waals surface area contributed by atoms with Gasteiger partial charge < -0.3 is 10.2 Å². The van der Waals surface area contributed by atoms with Gasteiger partial charge in [-0.15, -0.1) is 0 Å². The molecular formula is C8H11NO2. The number of nitrogens with zero attached hydrogens (tertiary/aromatic N) is 1. The summed E-state index contributed by atoms with van der Waals surface area (Å²) in [6.07, 6.45) is 3.86. The van der Waals surface area contributed by atoms with E-state index < -0.39 is 0 Å². The summed E-state index contributed by atoms with van der Waals surface area (Å²) in [5, 5.41) is 17.5. The highest BCUT2D eigenvalue weighted by Gasteiger charge is 1.98. The minimum absolute atomic E-state index is 0.0118. The van der Waals surface area contributed by atoms with E-state index in [1.165, 1.54) is 0 Å². The first-order valence-corrected chi connectivity index (χ1v) is 3.52. The Labute approximate surface area is 65.3 Å². The van der Waals surface area contributed by atoms with Crippen molar-refractivity contribution < 1.29 is 10.2 Å². The van der Waals surface area contributed by atoms with Crippen molar-refractivity contribution in [2.24, 2.45) is 0 Å². The van der Waals surface area contributed by atoms with Gasteiger partial charge in [0.05, 0.1) is 6.61 Å². The third-order valence-electron chi connectivity index (χ3n) is 1.56. The third kappa shape index (κ3) is 2.00. The van der Waals surface area contributed by atoms with Crippen LogP contribution in [0.15, 0.2) is 18.5 Å². The Morgan fingerprint density at radius 1 is 1.27 bits per heavy atom. The number of aliphatic hydroxyl groups excluding tert-OH is 2. The normalized spacial score (nSPS) is 10.0. The van der Waals surface area contributed by atoms with E-state index in [-0.39, 0.29) is 13.2 Å². The quantitative estimate of drug-likeness (QED) is 0.648. The van der Waals surface area contributed by atoms with Gasteiger partial charge in [-0.05, 0) is 23.6 Å². The van der Waals surface area contributed by atoms with Crippen LogP contribution in [-0.4, -0.2) is 21.8 Å². The zero-order valence-electron chi connectivity index (χ0n) is 6.20. The van der Waals surface area contributed by atoms with Gasteiger partial charge in [0.15, 0.2) is 0 Å². The van der Waals surface area contributed by atoms with Crippen molar-refractivity contribution in [2.45, 2.75) is 13.0 Å². The molecule has 0 unspecified atom stereocenters. The number of aliphatic hydroxyl groups is 2. The van der Waals surface area contributed by atoms with Gasteiger partial charge in [-0.1, -0.05) is 0 Å². The van der Waals surface area contributed by atoms with Crippen LogP contribution in [0.5, 0.6) is 0 Å². The van der Waals surface area contributed by atoms with Crippen molar-refractivity contribution in [3.8, 4) is 0 Å². The predicted molar refractivity (Wildman–Crippen MR) is 40.9 cm³/mol. The molecule has 0 spiro atoms. The Kier molecular flexibility index (Phi) is 3.01. The zero-order chi connectivity index (χ0) is 8.10. The molecule has 0 aliphatic carbocycles. The summed E-state index contributed by atoms with van der Waals surface area (Å²) in [7, 11) is 0. The maximum absolute atomic E-state index is 8.84. The maximum atomic E-state index is 8.84. The topological polar surface area (TPSA) is 53.4 Å². The van der Waals surface area contributed by atoms with Crippen LogP contribution in [-0.2, 0) is 13.0 Å². The molecular weight excluding hydrogens is 142 g/mol. The van der Waals surface area contributed by atoms with E-state index in [0.717, 1.165) is 11.1 Å². The second kappa shape index (κ2) is 4.05. The summed E-state index contributed by atoms with van der Waals surface area (Å²) in [5.41, 5.74) is 1.76. The molecule has 1 aromatic heterocycles. The van der Waals surface area contributed by atoms with E-state index in [1.807, 2.05) is 0 Å². The number of aromatic nitrogens is 1. The lowest BCUT2D eigenvalue weighted by Gasteiger charge is -2.02. The van der Waals surface area contributed by atoms with Gasteiger partial charge >= 0.3 is 0 Å². The van der Waals surface area contributed by atoms with Crippen LogP contribution in [0.2, 0.25) is 0 Å². The fourth-order valence-electron chi connectivity index (χ4n) is 0.956. The molecule has 3 nitrogen and oxygen atoms in total. The van der Waals surface area contributed by atoms with E-state index in [0.29, 0.717) is 6.42 Å². The molecule has 3 heteroatoms. The lowest BCUT2D eigenvalue weighted by Crippen LogP contribution is -1.97. The second-order valence-corrected chi connectivity index (χ2v) is 2.28. The standard InChI is InChI=1S/C8H11NO2/c10-4-2-7-5-9-3-1-8(7)6-11/h1,3,5,10-11H,2,4,6H2. The molecule has 0 aromatic carbocycles. The lowest BCUT2D eigenvalue weighted by molar-refractivity contribution is 0.275. The molecule has 60 valence electrons. The summed E-state index contributed by atoms with van der Waals surface area (Å²) in [6.45, 7) is 0.108. The lowest BCUT2D eigenvalue weighted by atomic mass is 10.1. The predicted octanol–water partition coefficient (Wildman–Crippen LogP) is 0.109. The van der Waals surface area contributed by atoms with Gasteiger partial charge in [-0.25, -0.2) is 0 Å². The van der Waals surface area contributed by atoms with E-state index >= 15 is 0 Å². The molecule has 1 heterocycles. The van der Waals surface area contributed by atoms with Gasteiger partial charge in [0.25, 0.3) is 0 Å². The van der Waals surface area contributed by atoms with Crippen LogP contribution in [0, 0.1) is 0 Å². The number of hydrogen-bond donors (Lipinski definition) is 2. The minimum Gasteiger partial charge on any atom is -0.396 e. The van der Waals surface area contributed by atoms with Gasteiger partial charge in [0, 0.05) is 19.0 Å². The van der Waals surface area contributed by atoms with Crippen LogP contribution < -0.4 is 0 Å². The van der Waals surface area contributed by atoms with Crippen molar-refractivity contribution in [2.75, 3.05) is 6.61 Å². The molecule has 0 saturated carbocycles. The van der Waals surface area contributed by atoms with E-state index in [4.69, 9.17) is 10.2 Å². The Hall–Kier alpha value is -0.930. The largest absolute Gasteiger partial charge is 0.396 e. The highest BCUT2D eigenvalue weighted by molar-refractivity contribution is 5.22. The smallest absolute Gasteiger partial charge is 0.0685 e. The highest BCUT2D eigenvalue weighted by atomic mass is 16.3. The Bertz CT molecular complexity index is 225. The van der Waals surface area contributed by atoms with E-state index in [2.05, 4.69) is 4.98 Å². The monoisotopic (exact) mass is 153 g/mol. The summed E-state index contributed by atoms with van der Waals surface area (Å²) >= 11 is 0. The first-order chi connectivity index (χ1) is 5.38. The number of hydrogen-bond acceptors (Lipinski definition) is 3. The Balaban J connectivity index is 2.83. The van der Waals surface area contributed by atoms with Crippen molar-refractivity contribution >= 4 is 0 Å². The molecule has 0 amide bonds. The summed E-state index contributed by atoms with van der Waals surface area (Å²) in [6, 6.07) is 1.75. The zero-order valence-corrected chi connectivity index (χ0v) is 6.20. The molecule has 0 bridgehead atoms. The van der Waals surface area contributed by atoms with Crippen molar-refractivity contribution in [1.29, 1.82) is 0 Å². The van der Waals surface area contributed by atoms with Gasteiger partial charge in [0.2, 0.25) is 0 Å². The van der Waals surface area contributed by atoms with Gasteiger partial charge in [-0.2, -0.15) is 0 Å². The van der Waals surface area contributed by atoms with Crippen LogP contribution in [0.4, 0.5) is 0 Å². The van der Waals surface area contributed by atoms with Crippen LogP contribution in [0.3, 0.4) is 0 Å². The molecule has 1 rings (SSSR count). The average Bonchev–Trinajstić information content (AvgIpc) is 2.06. The molecule has 1 aromatic rings. The SMILES string of the molecule is OCCc1cnccc1CO. The van der Waals surface area contributed by atoms with E-state index in [9.17, 15) is 0 Å². The number of pyridine rings is 1. The number of rotatable bonds is 3. The van der Waals surface area contributed by atoms with Crippen molar-refractivity contribution in [3.05, 3.63) is 29.6 Å². The highest BCUT2D eigenvalue weighted by Crippen LogP contribution is 2.06. The molecule has 0 aliphatic heterocycles. The average molecular weight is 153 g/mol. The van der Waals surface area contributed by atoms with E-state index in [1.54, 1.807) is 18.5 Å². The molecule has 11 heavy (non-hydrogen) atoms. The molecule has 0 saturated heterocycles. The fourth-order valence-corrected chi connectivity index (χ4v) is 0.956. The first-order valence-electron chi connectivity index (χ1n) is 3.52. The first kappa shape index (κ1) is 8.17.